The van der Waals surface area contributed by atoms with Crippen molar-refractivity contribution in [3.05, 3.63) is 59.0 Å². The van der Waals surface area contributed by atoms with Crippen LogP contribution in [0.25, 0.3) is 5.69 Å². The molecule has 3 rings (SSSR count). The number of benzene rings is 1. The molecule has 0 aliphatic rings. The van der Waals surface area contributed by atoms with Gasteiger partial charge in [0.2, 0.25) is 5.88 Å². The summed E-state index contributed by atoms with van der Waals surface area (Å²) in [6, 6.07) is 10.9. The predicted molar refractivity (Wildman–Crippen MR) is 87.8 cm³/mol. The highest BCUT2D eigenvalue weighted by molar-refractivity contribution is 9.10. The lowest BCUT2D eigenvalue weighted by atomic mass is 10.3. The lowest BCUT2D eigenvalue weighted by Crippen LogP contribution is -2.12. The first-order chi connectivity index (χ1) is 11.2. The van der Waals surface area contributed by atoms with Crippen molar-refractivity contribution in [2.24, 2.45) is 0 Å². The molecule has 0 aliphatic heterocycles. The van der Waals surface area contributed by atoms with E-state index in [-0.39, 0.29) is 11.6 Å². The van der Waals surface area contributed by atoms with Gasteiger partial charge in [-0.25, -0.2) is 9.67 Å². The van der Waals surface area contributed by atoms with E-state index < -0.39 is 0 Å². The minimum absolute atomic E-state index is 0.205. The van der Waals surface area contributed by atoms with Crippen LogP contribution in [-0.4, -0.2) is 33.0 Å². The molecule has 3 aromatic rings. The summed E-state index contributed by atoms with van der Waals surface area (Å²) in [5.74, 6) is 0.109. The molecule has 0 bridgehead atoms. The first kappa shape index (κ1) is 15.2. The van der Waals surface area contributed by atoms with Crippen LogP contribution in [0.2, 0.25) is 0 Å². The number of carbonyl (C=O) groups excluding carboxylic acids is 1. The number of halogens is 1. The number of pyridine rings is 1. The molecule has 7 nitrogen and oxygen atoms in total. The minimum Gasteiger partial charge on any atom is -0.481 e. The number of rotatable bonds is 4. The lowest BCUT2D eigenvalue weighted by molar-refractivity contribution is 0.102. The van der Waals surface area contributed by atoms with Gasteiger partial charge in [-0.15, -0.1) is 5.10 Å². The van der Waals surface area contributed by atoms with Gasteiger partial charge in [-0.3, -0.25) is 4.79 Å². The molecule has 0 atom stereocenters. The molecule has 2 heterocycles. The summed E-state index contributed by atoms with van der Waals surface area (Å²) in [5.41, 5.74) is 1.55. The minimum atomic E-state index is -0.365. The van der Waals surface area contributed by atoms with E-state index in [1.165, 1.54) is 18.0 Å². The SMILES string of the molecule is COc1ccc(NC(=O)c2cn(-c3ccccc3Br)nn2)cn1. The van der Waals surface area contributed by atoms with Gasteiger partial charge in [0.15, 0.2) is 5.69 Å². The Morgan fingerprint density at radius 1 is 1.26 bits per heavy atom. The van der Waals surface area contributed by atoms with E-state index in [9.17, 15) is 4.79 Å². The Labute approximate surface area is 140 Å². The number of para-hydroxylation sites is 1. The van der Waals surface area contributed by atoms with E-state index in [4.69, 9.17) is 4.74 Å². The molecule has 0 saturated carbocycles. The average molecular weight is 374 g/mol. The van der Waals surface area contributed by atoms with Crippen molar-refractivity contribution in [2.75, 3.05) is 12.4 Å². The molecule has 1 amide bonds. The van der Waals surface area contributed by atoms with E-state index >= 15 is 0 Å². The molecule has 23 heavy (non-hydrogen) atoms. The maximum Gasteiger partial charge on any atom is 0.277 e. The maximum atomic E-state index is 12.2. The van der Waals surface area contributed by atoms with Crippen LogP contribution >= 0.6 is 15.9 Å². The van der Waals surface area contributed by atoms with E-state index in [0.29, 0.717) is 11.6 Å². The number of amides is 1. The van der Waals surface area contributed by atoms with Crippen LogP contribution in [0.3, 0.4) is 0 Å². The van der Waals surface area contributed by atoms with Crippen LogP contribution in [-0.2, 0) is 0 Å². The standard InChI is InChI=1S/C15H12BrN5O2/c1-23-14-7-6-10(8-17-14)18-15(22)12-9-21(20-19-12)13-5-3-2-4-11(13)16/h2-9H,1H3,(H,18,22). The molecule has 2 aromatic heterocycles. The van der Waals surface area contributed by atoms with E-state index in [1.54, 1.807) is 18.3 Å². The molecule has 8 heteroatoms. The summed E-state index contributed by atoms with van der Waals surface area (Å²) in [7, 11) is 1.53. The zero-order valence-corrected chi connectivity index (χ0v) is 13.7. The zero-order chi connectivity index (χ0) is 16.2. The predicted octanol–water partition coefficient (Wildman–Crippen LogP) is 2.69. The first-order valence-corrected chi connectivity index (χ1v) is 7.45. The van der Waals surface area contributed by atoms with Crippen molar-refractivity contribution < 1.29 is 9.53 Å². The van der Waals surface area contributed by atoms with Crippen molar-refractivity contribution >= 4 is 27.5 Å². The van der Waals surface area contributed by atoms with Crippen LogP contribution in [0.1, 0.15) is 10.5 Å². The van der Waals surface area contributed by atoms with Crippen LogP contribution in [0.4, 0.5) is 5.69 Å². The number of nitrogens with one attached hydrogen (secondary N) is 1. The largest absolute Gasteiger partial charge is 0.481 e. The Balaban J connectivity index is 1.77. The summed E-state index contributed by atoms with van der Waals surface area (Å²) in [5, 5.41) is 10.6. The van der Waals surface area contributed by atoms with Gasteiger partial charge in [0.25, 0.3) is 5.91 Å². The molecule has 0 aliphatic carbocycles. The van der Waals surface area contributed by atoms with Crippen molar-refractivity contribution in [3.63, 3.8) is 0 Å². The Bertz CT molecular complexity index is 832. The second-order valence-electron chi connectivity index (χ2n) is 4.54. The number of hydrogen-bond acceptors (Lipinski definition) is 5. The van der Waals surface area contributed by atoms with Gasteiger partial charge < -0.3 is 10.1 Å². The Kier molecular flexibility index (Phi) is 4.33. The number of nitrogens with zero attached hydrogens (tertiary/aromatic N) is 4. The highest BCUT2D eigenvalue weighted by atomic mass is 79.9. The third-order valence-electron chi connectivity index (χ3n) is 3.03. The van der Waals surface area contributed by atoms with E-state index in [2.05, 4.69) is 36.5 Å². The summed E-state index contributed by atoms with van der Waals surface area (Å²) < 4.78 is 7.36. The molecule has 1 N–H and O–H groups in total. The van der Waals surface area contributed by atoms with Gasteiger partial charge >= 0.3 is 0 Å². The molecule has 1 aromatic carbocycles. The fourth-order valence-corrected chi connectivity index (χ4v) is 2.36. The number of anilines is 1. The quantitative estimate of drug-likeness (QED) is 0.760. The monoisotopic (exact) mass is 373 g/mol. The number of aromatic nitrogens is 4. The molecular formula is C15H12BrN5O2. The number of carbonyl (C=O) groups is 1. The van der Waals surface area contributed by atoms with E-state index in [0.717, 1.165) is 10.2 Å². The fraction of sp³-hybridized carbons (Fsp3) is 0.0667. The average Bonchev–Trinajstić information content (AvgIpc) is 3.06. The molecule has 116 valence electrons. The molecule has 0 fully saturated rings. The molecular weight excluding hydrogens is 362 g/mol. The third-order valence-corrected chi connectivity index (χ3v) is 3.70. The topological polar surface area (TPSA) is 81.9 Å². The Morgan fingerprint density at radius 2 is 2.09 bits per heavy atom. The number of methoxy groups -OCH3 is 1. The van der Waals surface area contributed by atoms with Crippen LogP contribution < -0.4 is 10.1 Å². The van der Waals surface area contributed by atoms with E-state index in [1.807, 2.05) is 24.3 Å². The first-order valence-electron chi connectivity index (χ1n) is 6.66. The van der Waals surface area contributed by atoms with Crippen molar-refractivity contribution in [1.29, 1.82) is 0 Å². The normalized spacial score (nSPS) is 10.3. The second-order valence-corrected chi connectivity index (χ2v) is 5.40. The molecule has 0 saturated heterocycles. The Hall–Kier alpha value is -2.74. The number of ether oxygens (including phenoxy) is 1. The zero-order valence-electron chi connectivity index (χ0n) is 12.1. The van der Waals surface area contributed by atoms with Crippen LogP contribution in [0.5, 0.6) is 5.88 Å². The van der Waals surface area contributed by atoms with Crippen molar-refractivity contribution in [1.82, 2.24) is 20.0 Å². The molecule has 0 spiro atoms. The molecule has 0 unspecified atom stereocenters. The van der Waals surface area contributed by atoms with Crippen LogP contribution in [0, 0.1) is 0 Å². The molecule has 0 radical (unpaired) electrons. The van der Waals surface area contributed by atoms with Crippen LogP contribution in [0.15, 0.2) is 53.3 Å². The fourth-order valence-electron chi connectivity index (χ4n) is 1.89. The second kappa shape index (κ2) is 6.57. The van der Waals surface area contributed by atoms with Gasteiger partial charge in [-0.05, 0) is 34.1 Å². The highest BCUT2D eigenvalue weighted by Gasteiger charge is 2.13. The smallest absolute Gasteiger partial charge is 0.277 e. The maximum absolute atomic E-state index is 12.2. The summed E-state index contributed by atoms with van der Waals surface area (Å²) in [6.07, 6.45) is 3.07. The third kappa shape index (κ3) is 3.37. The lowest BCUT2D eigenvalue weighted by Gasteiger charge is -2.03. The number of hydrogen-bond donors (Lipinski definition) is 1. The van der Waals surface area contributed by atoms with Gasteiger partial charge in [-0.1, -0.05) is 17.3 Å². The summed E-state index contributed by atoms with van der Waals surface area (Å²) >= 11 is 3.44. The van der Waals surface area contributed by atoms with Gasteiger partial charge in [0.1, 0.15) is 0 Å². The van der Waals surface area contributed by atoms with Gasteiger partial charge in [0.05, 0.1) is 30.9 Å². The highest BCUT2D eigenvalue weighted by Crippen LogP contribution is 2.19. The summed E-state index contributed by atoms with van der Waals surface area (Å²) in [4.78, 5) is 16.2. The van der Waals surface area contributed by atoms with Crippen molar-refractivity contribution in [2.45, 2.75) is 0 Å². The van der Waals surface area contributed by atoms with Gasteiger partial charge in [0, 0.05) is 10.5 Å². The van der Waals surface area contributed by atoms with Gasteiger partial charge in [-0.2, -0.15) is 0 Å². The van der Waals surface area contributed by atoms with Crippen molar-refractivity contribution in [3.8, 4) is 11.6 Å². The Morgan fingerprint density at radius 3 is 2.78 bits per heavy atom. The summed E-state index contributed by atoms with van der Waals surface area (Å²) in [6.45, 7) is 0.